The summed E-state index contributed by atoms with van der Waals surface area (Å²) in [7, 11) is 0. The summed E-state index contributed by atoms with van der Waals surface area (Å²) in [4.78, 5) is 26.2. The second kappa shape index (κ2) is 9.47. The number of benzene rings is 2. The summed E-state index contributed by atoms with van der Waals surface area (Å²) in [6.07, 6.45) is 0. The van der Waals surface area contributed by atoms with E-state index in [2.05, 4.69) is 10.6 Å². The minimum absolute atomic E-state index is 0.154. The zero-order valence-corrected chi connectivity index (χ0v) is 17.9. The van der Waals surface area contributed by atoms with Crippen LogP contribution in [0.4, 0.5) is 11.4 Å². The molecule has 3 aromatic rings. The highest BCUT2D eigenvalue weighted by Gasteiger charge is 2.17. The number of thioether (sulfide) groups is 1. The summed E-state index contributed by atoms with van der Waals surface area (Å²) in [5, 5.41) is 7.83. The summed E-state index contributed by atoms with van der Waals surface area (Å²) in [5.74, 6) is -0.347. The average Bonchev–Trinajstić information content (AvgIpc) is 3.20. The van der Waals surface area contributed by atoms with Crippen molar-refractivity contribution in [1.82, 2.24) is 0 Å². The highest BCUT2D eigenvalue weighted by atomic mass is 35.5. The van der Waals surface area contributed by atoms with Gasteiger partial charge in [0.1, 0.15) is 0 Å². The minimum atomic E-state index is -0.377. The predicted octanol–water partition coefficient (Wildman–Crippen LogP) is 6.43. The Morgan fingerprint density at radius 2 is 1.82 bits per heavy atom. The van der Waals surface area contributed by atoms with Crippen molar-refractivity contribution in [3.63, 3.8) is 0 Å². The van der Waals surface area contributed by atoms with E-state index in [1.807, 2.05) is 35.7 Å². The van der Waals surface area contributed by atoms with E-state index >= 15 is 0 Å². The van der Waals surface area contributed by atoms with Crippen LogP contribution >= 0.6 is 46.3 Å². The third-order valence-corrected chi connectivity index (χ3v) is 6.51. The van der Waals surface area contributed by atoms with Crippen LogP contribution in [0.2, 0.25) is 10.0 Å². The first-order valence-corrected chi connectivity index (χ1v) is 10.8. The third kappa shape index (κ3) is 5.29. The fourth-order valence-corrected chi connectivity index (χ4v) is 4.23. The summed E-state index contributed by atoms with van der Waals surface area (Å²) in [5.41, 5.74) is 1.15. The van der Waals surface area contributed by atoms with Gasteiger partial charge < -0.3 is 10.6 Å². The molecule has 0 aliphatic rings. The van der Waals surface area contributed by atoms with Gasteiger partial charge in [-0.15, -0.1) is 23.1 Å². The van der Waals surface area contributed by atoms with Gasteiger partial charge in [0.05, 0.1) is 25.9 Å². The first-order valence-electron chi connectivity index (χ1n) is 8.30. The number of thiophene rings is 1. The molecule has 2 amide bonds. The SMILES string of the molecule is CC(Sc1cccc(NC(=O)c2cccs2)c1)C(=O)Nc1cccc(Cl)c1Cl. The lowest BCUT2D eigenvalue weighted by Gasteiger charge is -2.14. The van der Waals surface area contributed by atoms with Gasteiger partial charge in [-0.05, 0) is 48.7 Å². The summed E-state index contributed by atoms with van der Waals surface area (Å²) in [6.45, 7) is 1.80. The second-order valence-electron chi connectivity index (χ2n) is 5.81. The van der Waals surface area contributed by atoms with Crippen LogP contribution in [0, 0.1) is 0 Å². The van der Waals surface area contributed by atoms with Crippen molar-refractivity contribution < 1.29 is 9.59 Å². The molecule has 0 spiro atoms. The molecule has 1 atom stereocenters. The van der Waals surface area contributed by atoms with E-state index in [9.17, 15) is 9.59 Å². The topological polar surface area (TPSA) is 58.2 Å². The van der Waals surface area contributed by atoms with E-state index < -0.39 is 0 Å². The number of anilines is 2. The van der Waals surface area contributed by atoms with Gasteiger partial charge in [-0.2, -0.15) is 0 Å². The number of hydrogen-bond acceptors (Lipinski definition) is 4. The van der Waals surface area contributed by atoms with Gasteiger partial charge in [0.2, 0.25) is 5.91 Å². The monoisotopic (exact) mass is 450 g/mol. The molecule has 8 heteroatoms. The van der Waals surface area contributed by atoms with Crippen LogP contribution in [0.3, 0.4) is 0 Å². The Morgan fingerprint density at radius 3 is 2.57 bits per heavy atom. The first-order chi connectivity index (χ1) is 13.4. The molecule has 28 heavy (non-hydrogen) atoms. The van der Waals surface area contributed by atoms with E-state index in [1.54, 1.807) is 31.2 Å². The Morgan fingerprint density at radius 1 is 1.04 bits per heavy atom. The number of hydrogen-bond donors (Lipinski definition) is 2. The van der Waals surface area contributed by atoms with Gasteiger partial charge in [0, 0.05) is 10.6 Å². The number of carbonyl (C=O) groups excluding carboxylic acids is 2. The molecular weight excluding hydrogens is 435 g/mol. The predicted molar refractivity (Wildman–Crippen MR) is 119 cm³/mol. The molecule has 0 aliphatic carbocycles. The molecule has 4 nitrogen and oxygen atoms in total. The Bertz CT molecular complexity index is 994. The molecule has 1 heterocycles. The molecule has 0 aliphatic heterocycles. The number of carbonyl (C=O) groups is 2. The van der Waals surface area contributed by atoms with Crippen molar-refractivity contribution >= 4 is 69.5 Å². The van der Waals surface area contributed by atoms with E-state index in [0.29, 0.717) is 26.3 Å². The van der Waals surface area contributed by atoms with E-state index in [4.69, 9.17) is 23.2 Å². The fourth-order valence-electron chi connectivity index (χ4n) is 2.34. The molecule has 0 bridgehead atoms. The van der Waals surface area contributed by atoms with Gasteiger partial charge in [0.15, 0.2) is 0 Å². The fraction of sp³-hybridized carbons (Fsp3) is 0.100. The van der Waals surface area contributed by atoms with Gasteiger partial charge in [0.25, 0.3) is 5.91 Å². The molecule has 1 aromatic heterocycles. The van der Waals surface area contributed by atoms with Crippen molar-refractivity contribution in [2.75, 3.05) is 10.6 Å². The van der Waals surface area contributed by atoms with Crippen LogP contribution in [-0.2, 0) is 4.79 Å². The largest absolute Gasteiger partial charge is 0.324 e. The average molecular weight is 451 g/mol. The highest BCUT2D eigenvalue weighted by molar-refractivity contribution is 8.00. The van der Waals surface area contributed by atoms with Crippen molar-refractivity contribution in [1.29, 1.82) is 0 Å². The van der Waals surface area contributed by atoms with Crippen LogP contribution < -0.4 is 10.6 Å². The molecule has 2 aromatic carbocycles. The van der Waals surface area contributed by atoms with Crippen molar-refractivity contribution in [2.24, 2.45) is 0 Å². The summed E-state index contributed by atoms with van der Waals surface area (Å²) >= 11 is 14.9. The highest BCUT2D eigenvalue weighted by Crippen LogP contribution is 2.31. The Hall–Kier alpha value is -1.99. The van der Waals surface area contributed by atoms with Crippen molar-refractivity contribution in [3.8, 4) is 0 Å². The van der Waals surface area contributed by atoms with Crippen molar-refractivity contribution in [2.45, 2.75) is 17.1 Å². The Balaban J connectivity index is 1.63. The smallest absolute Gasteiger partial charge is 0.265 e. The number of rotatable bonds is 6. The maximum Gasteiger partial charge on any atom is 0.265 e. The molecule has 0 radical (unpaired) electrons. The lowest BCUT2D eigenvalue weighted by atomic mass is 10.3. The van der Waals surface area contributed by atoms with Gasteiger partial charge in [-0.3, -0.25) is 9.59 Å². The molecule has 0 saturated carbocycles. The van der Waals surface area contributed by atoms with Crippen LogP contribution in [0.25, 0.3) is 0 Å². The summed E-state index contributed by atoms with van der Waals surface area (Å²) < 4.78 is 0. The maximum absolute atomic E-state index is 12.5. The van der Waals surface area contributed by atoms with Gasteiger partial charge >= 0.3 is 0 Å². The van der Waals surface area contributed by atoms with Gasteiger partial charge in [-0.25, -0.2) is 0 Å². The Kier molecular flexibility index (Phi) is 7.02. The number of halogens is 2. The molecule has 2 N–H and O–H groups in total. The minimum Gasteiger partial charge on any atom is -0.324 e. The lowest BCUT2D eigenvalue weighted by Crippen LogP contribution is -2.22. The molecule has 3 rings (SSSR count). The number of nitrogens with one attached hydrogen (secondary N) is 2. The molecule has 0 saturated heterocycles. The van der Waals surface area contributed by atoms with E-state index in [0.717, 1.165) is 4.90 Å². The second-order valence-corrected chi connectivity index (χ2v) is 8.96. The van der Waals surface area contributed by atoms with Crippen LogP contribution in [0.15, 0.2) is 64.9 Å². The molecule has 144 valence electrons. The van der Waals surface area contributed by atoms with E-state index in [1.165, 1.54) is 23.1 Å². The maximum atomic E-state index is 12.5. The normalized spacial score (nSPS) is 11.7. The lowest BCUT2D eigenvalue weighted by molar-refractivity contribution is -0.115. The standard InChI is InChI=1S/C20H16Cl2N2O2S2/c1-12(19(25)24-16-8-3-7-15(21)18(16)22)28-14-6-2-5-13(11-14)23-20(26)17-9-4-10-27-17/h2-12H,1H3,(H,23,26)(H,24,25). The number of amides is 2. The first kappa shape index (κ1) is 20.7. The third-order valence-electron chi connectivity index (χ3n) is 3.73. The van der Waals surface area contributed by atoms with Gasteiger partial charge in [-0.1, -0.05) is 41.4 Å². The van der Waals surface area contributed by atoms with Crippen LogP contribution in [0.1, 0.15) is 16.6 Å². The van der Waals surface area contributed by atoms with E-state index in [-0.39, 0.29) is 17.1 Å². The molecule has 1 unspecified atom stereocenters. The van der Waals surface area contributed by atoms with Crippen LogP contribution in [0.5, 0.6) is 0 Å². The summed E-state index contributed by atoms with van der Waals surface area (Å²) in [6, 6.07) is 16.1. The van der Waals surface area contributed by atoms with Crippen molar-refractivity contribution in [3.05, 3.63) is 74.9 Å². The zero-order chi connectivity index (χ0) is 20.1. The quantitative estimate of drug-likeness (QED) is 0.425. The Labute approximate surface area is 181 Å². The zero-order valence-electron chi connectivity index (χ0n) is 14.7. The molecule has 0 fully saturated rings. The van der Waals surface area contributed by atoms with Crippen LogP contribution in [-0.4, -0.2) is 17.1 Å². The molecular formula is C20H16Cl2N2O2S2.